The second kappa shape index (κ2) is 7.66. The summed E-state index contributed by atoms with van der Waals surface area (Å²) >= 11 is 0. The van der Waals surface area contributed by atoms with Crippen molar-refractivity contribution in [3.8, 4) is 0 Å². The largest absolute Gasteiger partial charge is 0.233 e. The van der Waals surface area contributed by atoms with E-state index in [4.69, 9.17) is 0 Å². The monoisotopic (exact) mass is 369 g/mol. The van der Waals surface area contributed by atoms with E-state index in [-0.39, 0.29) is 20.4 Å². The van der Waals surface area contributed by atoms with Crippen molar-refractivity contribution in [3.05, 3.63) is 17.5 Å². The maximum absolute atomic E-state index is 10.3. The number of rotatable bonds is 3. The van der Waals surface area contributed by atoms with Gasteiger partial charge in [0, 0.05) is 37.9 Å². The Morgan fingerprint density at radius 1 is 0.769 bits per heavy atom. The van der Waals surface area contributed by atoms with Crippen molar-refractivity contribution in [1.29, 1.82) is 0 Å². The number of hydrogen-bond acceptors (Lipinski definition) is 4. The Bertz CT molecular complexity index is 336. The summed E-state index contributed by atoms with van der Waals surface area (Å²) in [4.78, 5) is 40.0. The van der Waals surface area contributed by atoms with Gasteiger partial charge < -0.3 is 0 Å². The molecule has 0 aliphatic rings. The van der Waals surface area contributed by atoms with Gasteiger partial charge in [-0.2, -0.15) is 0 Å². The standard InChI is InChI=1S/C7H3O4P.Re/c8-1-4-12(7-11,5-2-9)6-3-10;/h4-6H;. The van der Waals surface area contributed by atoms with E-state index in [1.54, 1.807) is 0 Å². The fourth-order valence-corrected chi connectivity index (χ4v) is 1.36. The van der Waals surface area contributed by atoms with Crippen LogP contribution >= 0.6 is 6.89 Å². The van der Waals surface area contributed by atoms with Crippen molar-refractivity contribution in [2.75, 3.05) is 0 Å². The maximum Gasteiger partial charge on any atom is 0.128 e. The Kier molecular flexibility index (Phi) is 8.57. The Morgan fingerprint density at radius 3 is 1.23 bits per heavy atom. The Morgan fingerprint density at radius 2 is 1.08 bits per heavy atom. The minimum absolute atomic E-state index is 0. The van der Waals surface area contributed by atoms with Crippen molar-refractivity contribution in [3.63, 3.8) is 0 Å². The third-order valence-corrected chi connectivity index (χ3v) is 2.87. The van der Waals surface area contributed by atoms with Crippen LogP contribution in [-0.2, 0) is 39.6 Å². The molecule has 0 amide bonds. The van der Waals surface area contributed by atoms with Crippen LogP contribution in [0, 0.1) is 0 Å². The minimum Gasteiger partial charge on any atom is -0.233 e. The van der Waals surface area contributed by atoms with Crippen LogP contribution in [0.4, 0.5) is 0 Å². The van der Waals surface area contributed by atoms with Gasteiger partial charge in [0.1, 0.15) is 23.5 Å². The van der Waals surface area contributed by atoms with Crippen LogP contribution in [0.15, 0.2) is 17.5 Å². The normalized spacial score (nSPS) is 11.1. The van der Waals surface area contributed by atoms with Crippen molar-refractivity contribution in [2.24, 2.45) is 0 Å². The first-order chi connectivity index (χ1) is 5.74. The summed E-state index contributed by atoms with van der Waals surface area (Å²) in [6, 6.07) is 0. The zero-order valence-corrected chi connectivity index (χ0v) is 9.80. The molecule has 0 rings (SSSR count). The summed E-state index contributed by atoms with van der Waals surface area (Å²) in [5.74, 6) is 6.32. The fraction of sp³-hybridized carbons (Fsp3) is 0. The Hall–Kier alpha value is -0.978. The Labute approximate surface area is 87.6 Å². The molecule has 0 aromatic heterocycles. The van der Waals surface area contributed by atoms with Crippen LogP contribution in [-0.4, -0.2) is 23.5 Å². The van der Waals surface area contributed by atoms with Crippen molar-refractivity contribution in [1.82, 2.24) is 0 Å². The average Bonchev–Trinajstić information content (AvgIpc) is 2.06. The van der Waals surface area contributed by atoms with Crippen LogP contribution in [0.5, 0.6) is 0 Å². The molecule has 0 aromatic carbocycles. The molecule has 0 aliphatic carbocycles. The fourth-order valence-electron chi connectivity index (χ4n) is 0.452. The summed E-state index contributed by atoms with van der Waals surface area (Å²) in [7, 11) is 0. The second-order valence-corrected chi connectivity index (χ2v) is 4.29. The quantitative estimate of drug-likeness (QED) is 0.524. The van der Waals surface area contributed by atoms with Gasteiger partial charge in [0.25, 0.3) is 0 Å². The molecule has 0 aromatic rings. The molecule has 0 saturated heterocycles. The summed E-state index contributed by atoms with van der Waals surface area (Å²) < 4.78 is 0. The van der Waals surface area contributed by atoms with Gasteiger partial charge in [-0.1, -0.05) is 0 Å². The van der Waals surface area contributed by atoms with Crippen LogP contribution in [0.2, 0.25) is 0 Å². The van der Waals surface area contributed by atoms with E-state index in [1.807, 2.05) is 0 Å². The van der Waals surface area contributed by atoms with E-state index in [0.29, 0.717) is 0 Å². The molecule has 0 bridgehead atoms. The number of hydrogen-bond donors (Lipinski definition) is 0. The molecule has 6 heteroatoms. The van der Waals surface area contributed by atoms with Gasteiger partial charge in [-0.3, -0.25) is 0 Å². The van der Waals surface area contributed by atoms with Gasteiger partial charge in [0.15, 0.2) is 0 Å². The van der Waals surface area contributed by atoms with Crippen LogP contribution in [0.25, 0.3) is 0 Å². The molecule has 1 radical (unpaired) electrons. The van der Waals surface area contributed by atoms with E-state index >= 15 is 0 Å². The molecule has 13 heavy (non-hydrogen) atoms. The third kappa shape index (κ3) is 4.56. The van der Waals surface area contributed by atoms with Gasteiger partial charge in [0.05, 0.1) is 6.89 Å². The summed E-state index contributed by atoms with van der Waals surface area (Å²) in [6.45, 7) is -2.93. The summed E-state index contributed by atoms with van der Waals surface area (Å²) in [5.41, 5.74) is 1.43. The zero-order chi connectivity index (χ0) is 9.45. The topological polar surface area (TPSA) is 68.3 Å². The van der Waals surface area contributed by atoms with E-state index in [1.165, 1.54) is 23.5 Å². The molecule has 0 fully saturated rings. The van der Waals surface area contributed by atoms with Gasteiger partial charge in [-0.05, 0) is 0 Å². The summed E-state index contributed by atoms with van der Waals surface area (Å²) in [5, 5.41) is 0. The number of carbonyl (C=O) groups excluding carboxylic acids is 4. The first-order valence-electron chi connectivity index (χ1n) is 2.68. The SMILES string of the molecule is O=C=CP(=C=O)(C=C=O)C=C=O.[Re]. The molecule has 0 atom stereocenters. The van der Waals surface area contributed by atoms with Gasteiger partial charge in [-0.25, -0.2) is 19.2 Å². The summed E-state index contributed by atoms with van der Waals surface area (Å²) in [6.07, 6.45) is 0. The minimum atomic E-state index is -2.93. The van der Waals surface area contributed by atoms with Crippen LogP contribution in [0.3, 0.4) is 0 Å². The predicted octanol–water partition coefficient (Wildman–Crippen LogP) is 0.105. The van der Waals surface area contributed by atoms with Gasteiger partial charge in [0.2, 0.25) is 0 Å². The van der Waals surface area contributed by atoms with Crippen LogP contribution < -0.4 is 0 Å². The first kappa shape index (κ1) is 14.5. The van der Waals surface area contributed by atoms with E-state index in [0.717, 1.165) is 17.5 Å². The first-order valence-corrected chi connectivity index (χ1v) is 4.68. The molecule has 67 valence electrons. The average molecular weight is 368 g/mol. The van der Waals surface area contributed by atoms with E-state index < -0.39 is 6.89 Å². The predicted molar refractivity (Wildman–Crippen MR) is 43.4 cm³/mol. The molecule has 0 aliphatic heterocycles. The molecule has 0 unspecified atom stereocenters. The van der Waals surface area contributed by atoms with Crippen molar-refractivity contribution >= 4 is 30.4 Å². The van der Waals surface area contributed by atoms with Crippen molar-refractivity contribution < 1.29 is 39.6 Å². The van der Waals surface area contributed by atoms with Crippen LogP contribution in [0.1, 0.15) is 0 Å². The van der Waals surface area contributed by atoms with Gasteiger partial charge >= 0.3 is 0 Å². The third-order valence-electron chi connectivity index (χ3n) is 0.957. The molecular formula is C7H3O4PRe. The molecule has 0 heterocycles. The molecule has 0 saturated carbocycles. The van der Waals surface area contributed by atoms with E-state index in [9.17, 15) is 19.2 Å². The molecular weight excluding hydrogens is 365 g/mol. The van der Waals surface area contributed by atoms with Crippen molar-refractivity contribution in [2.45, 2.75) is 0 Å². The Balaban J connectivity index is 0. The molecule has 0 N–H and O–H groups in total. The maximum atomic E-state index is 10.3. The molecule has 4 nitrogen and oxygen atoms in total. The zero-order valence-electron chi connectivity index (χ0n) is 6.19. The van der Waals surface area contributed by atoms with Gasteiger partial charge in [-0.15, -0.1) is 0 Å². The smallest absolute Gasteiger partial charge is 0.128 e. The second-order valence-electron chi connectivity index (χ2n) is 1.67. The van der Waals surface area contributed by atoms with E-state index in [2.05, 4.69) is 0 Å². The molecule has 0 spiro atoms.